The first kappa shape index (κ1) is 19.4. The van der Waals surface area contributed by atoms with Crippen molar-refractivity contribution in [2.45, 2.75) is 13.8 Å². The lowest BCUT2D eigenvalue weighted by Crippen LogP contribution is -2.50. The van der Waals surface area contributed by atoms with E-state index in [1.54, 1.807) is 36.1 Å². The van der Waals surface area contributed by atoms with Crippen LogP contribution in [0.25, 0.3) is 0 Å². The molecule has 0 radical (unpaired) electrons. The lowest BCUT2D eigenvalue weighted by Gasteiger charge is -2.36. The predicted octanol–water partition coefficient (Wildman–Crippen LogP) is 3.20. The summed E-state index contributed by atoms with van der Waals surface area (Å²) in [6, 6.07) is 14.5. The van der Waals surface area contributed by atoms with Crippen molar-refractivity contribution < 1.29 is 14.4 Å². The van der Waals surface area contributed by atoms with Crippen LogP contribution in [0, 0.1) is 0 Å². The Morgan fingerprint density at radius 3 is 2.11 bits per heavy atom. The van der Waals surface area contributed by atoms with E-state index in [0.29, 0.717) is 43.1 Å². The van der Waals surface area contributed by atoms with Gasteiger partial charge in [0.25, 0.3) is 0 Å². The molecule has 0 atom stereocenters. The lowest BCUT2D eigenvalue weighted by molar-refractivity contribution is -0.114. The Bertz CT molecular complexity index is 889. The van der Waals surface area contributed by atoms with E-state index >= 15 is 0 Å². The van der Waals surface area contributed by atoms with Crippen LogP contribution in [0.15, 0.2) is 48.5 Å². The Morgan fingerprint density at radius 2 is 1.46 bits per heavy atom. The summed E-state index contributed by atoms with van der Waals surface area (Å²) in [7, 11) is 0. The van der Waals surface area contributed by atoms with Crippen LogP contribution in [0.5, 0.6) is 0 Å². The fourth-order valence-corrected chi connectivity index (χ4v) is 3.17. The van der Waals surface area contributed by atoms with Gasteiger partial charge in [0.05, 0.1) is 0 Å². The predicted molar refractivity (Wildman–Crippen MR) is 110 cm³/mol. The van der Waals surface area contributed by atoms with Crippen LogP contribution in [0.1, 0.15) is 24.2 Å². The van der Waals surface area contributed by atoms with Crippen molar-refractivity contribution >= 4 is 34.8 Å². The molecule has 28 heavy (non-hydrogen) atoms. The fraction of sp³-hybridized carbons (Fsp3) is 0.286. The normalized spacial score (nSPS) is 13.8. The molecule has 1 heterocycles. The molecule has 0 spiro atoms. The minimum Gasteiger partial charge on any atom is -0.368 e. The highest BCUT2D eigenvalue weighted by Gasteiger charge is 2.21. The van der Waals surface area contributed by atoms with Crippen LogP contribution in [0.2, 0.25) is 0 Å². The van der Waals surface area contributed by atoms with Crippen molar-refractivity contribution in [1.82, 2.24) is 4.90 Å². The quantitative estimate of drug-likeness (QED) is 0.798. The van der Waals surface area contributed by atoms with Gasteiger partial charge in [-0.1, -0.05) is 18.2 Å². The molecule has 1 aliphatic heterocycles. The molecule has 0 unspecified atom stereocenters. The third-order valence-electron chi connectivity index (χ3n) is 4.62. The molecule has 3 amide bonds. The van der Waals surface area contributed by atoms with Gasteiger partial charge in [-0.05, 0) is 37.3 Å². The summed E-state index contributed by atoms with van der Waals surface area (Å²) in [4.78, 5) is 39.2. The van der Waals surface area contributed by atoms with Gasteiger partial charge in [0.2, 0.25) is 5.91 Å². The maximum Gasteiger partial charge on any atom is 0.321 e. The molecule has 1 saturated heterocycles. The molecule has 0 aromatic heterocycles. The number of carbonyl (C=O) groups excluding carboxylic acids is 3. The van der Waals surface area contributed by atoms with Crippen molar-refractivity contribution in [1.29, 1.82) is 0 Å². The average molecular weight is 380 g/mol. The van der Waals surface area contributed by atoms with Crippen LogP contribution in [-0.4, -0.2) is 48.8 Å². The molecule has 146 valence electrons. The zero-order valence-corrected chi connectivity index (χ0v) is 16.1. The van der Waals surface area contributed by atoms with Crippen LogP contribution in [0.4, 0.5) is 21.9 Å². The minimum absolute atomic E-state index is 0.0429. The number of nitrogens with one attached hydrogen (secondary N) is 2. The van der Waals surface area contributed by atoms with Crippen LogP contribution in [-0.2, 0) is 4.79 Å². The summed E-state index contributed by atoms with van der Waals surface area (Å²) in [6.07, 6.45) is 0. The number of hydrogen-bond acceptors (Lipinski definition) is 4. The van der Waals surface area contributed by atoms with E-state index in [4.69, 9.17) is 0 Å². The van der Waals surface area contributed by atoms with Gasteiger partial charge in [-0.25, -0.2) is 4.79 Å². The Balaban J connectivity index is 1.57. The first-order chi connectivity index (χ1) is 13.4. The SMILES string of the molecule is CC(=O)Nc1cccc(NC(=O)N2CCN(c3cccc(C(C)=O)c3)CC2)c1. The Hall–Kier alpha value is -3.35. The molecule has 2 aromatic carbocycles. The third kappa shape index (κ3) is 4.88. The van der Waals surface area contributed by atoms with E-state index in [9.17, 15) is 14.4 Å². The number of amides is 3. The summed E-state index contributed by atoms with van der Waals surface area (Å²) in [5, 5.41) is 5.58. The van der Waals surface area contributed by atoms with Gasteiger partial charge in [0.15, 0.2) is 5.78 Å². The molecule has 2 N–H and O–H groups in total. The summed E-state index contributed by atoms with van der Waals surface area (Å²) in [6.45, 7) is 5.56. The lowest BCUT2D eigenvalue weighted by atomic mass is 10.1. The third-order valence-corrected chi connectivity index (χ3v) is 4.62. The molecule has 2 aromatic rings. The molecule has 7 heteroatoms. The first-order valence-corrected chi connectivity index (χ1v) is 9.22. The first-order valence-electron chi connectivity index (χ1n) is 9.22. The van der Waals surface area contributed by atoms with E-state index in [-0.39, 0.29) is 17.7 Å². The van der Waals surface area contributed by atoms with E-state index in [2.05, 4.69) is 15.5 Å². The van der Waals surface area contributed by atoms with Crippen molar-refractivity contribution in [2.75, 3.05) is 41.7 Å². The van der Waals surface area contributed by atoms with E-state index in [1.807, 2.05) is 24.3 Å². The number of anilines is 3. The number of hydrogen-bond donors (Lipinski definition) is 2. The Labute approximate surface area is 164 Å². The van der Waals surface area contributed by atoms with Gasteiger partial charge in [-0.15, -0.1) is 0 Å². The number of ketones is 1. The van der Waals surface area contributed by atoms with Crippen LogP contribution < -0.4 is 15.5 Å². The van der Waals surface area contributed by atoms with Gasteiger partial charge in [-0.2, -0.15) is 0 Å². The number of piperazine rings is 1. The van der Waals surface area contributed by atoms with Crippen LogP contribution >= 0.6 is 0 Å². The summed E-state index contributed by atoms with van der Waals surface area (Å²) in [5.41, 5.74) is 2.96. The number of rotatable bonds is 4. The largest absolute Gasteiger partial charge is 0.368 e. The Kier molecular flexibility index (Phi) is 5.93. The molecular weight excluding hydrogens is 356 g/mol. The summed E-state index contributed by atoms with van der Waals surface area (Å²) < 4.78 is 0. The number of urea groups is 1. The fourth-order valence-electron chi connectivity index (χ4n) is 3.17. The second kappa shape index (κ2) is 8.56. The standard InChI is InChI=1S/C21H24N4O3/c1-15(26)17-5-3-8-20(13-17)24-9-11-25(12-10-24)21(28)23-19-7-4-6-18(14-19)22-16(2)27/h3-8,13-14H,9-12H2,1-2H3,(H,22,27)(H,23,28). The van der Waals surface area contributed by atoms with E-state index < -0.39 is 0 Å². The van der Waals surface area contributed by atoms with Crippen molar-refractivity contribution in [3.05, 3.63) is 54.1 Å². The molecule has 0 saturated carbocycles. The summed E-state index contributed by atoms with van der Waals surface area (Å²) in [5.74, 6) is -0.116. The number of carbonyl (C=O) groups is 3. The highest BCUT2D eigenvalue weighted by atomic mass is 16.2. The molecule has 0 bridgehead atoms. The number of Topliss-reactive ketones (excluding diaryl/α,β-unsaturated/α-hetero) is 1. The highest BCUT2D eigenvalue weighted by molar-refractivity contribution is 5.95. The van der Waals surface area contributed by atoms with Crippen molar-refractivity contribution in [3.63, 3.8) is 0 Å². The van der Waals surface area contributed by atoms with Crippen molar-refractivity contribution in [2.24, 2.45) is 0 Å². The van der Waals surface area contributed by atoms with Gasteiger partial charge < -0.3 is 20.4 Å². The van der Waals surface area contributed by atoms with E-state index in [0.717, 1.165) is 5.69 Å². The molecule has 0 aliphatic carbocycles. The van der Waals surface area contributed by atoms with Gasteiger partial charge in [0, 0.05) is 55.7 Å². The monoisotopic (exact) mass is 380 g/mol. The maximum absolute atomic E-state index is 12.6. The van der Waals surface area contributed by atoms with Crippen LogP contribution in [0.3, 0.4) is 0 Å². The number of nitrogens with zero attached hydrogens (tertiary/aromatic N) is 2. The highest BCUT2D eigenvalue weighted by Crippen LogP contribution is 2.20. The minimum atomic E-state index is -0.169. The molecule has 3 rings (SSSR count). The summed E-state index contributed by atoms with van der Waals surface area (Å²) >= 11 is 0. The smallest absolute Gasteiger partial charge is 0.321 e. The second-order valence-electron chi connectivity index (χ2n) is 6.77. The van der Waals surface area contributed by atoms with Gasteiger partial charge >= 0.3 is 6.03 Å². The maximum atomic E-state index is 12.6. The molecule has 1 fully saturated rings. The molecule has 7 nitrogen and oxygen atoms in total. The molecular formula is C21H24N4O3. The topological polar surface area (TPSA) is 81.8 Å². The second-order valence-corrected chi connectivity index (χ2v) is 6.77. The van der Waals surface area contributed by atoms with Gasteiger partial charge in [-0.3, -0.25) is 9.59 Å². The zero-order chi connectivity index (χ0) is 20.1. The average Bonchev–Trinajstić information content (AvgIpc) is 2.68. The van der Waals surface area contributed by atoms with Crippen molar-refractivity contribution in [3.8, 4) is 0 Å². The van der Waals surface area contributed by atoms with E-state index in [1.165, 1.54) is 6.92 Å². The zero-order valence-electron chi connectivity index (χ0n) is 16.1. The molecule has 1 aliphatic rings. The van der Waals surface area contributed by atoms with Gasteiger partial charge in [0.1, 0.15) is 0 Å². The Morgan fingerprint density at radius 1 is 0.821 bits per heavy atom. The number of benzene rings is 2.